The van der Waals surface area contributed by atoms with E-state index in [1.165, 1.54) is 12.1 Å². The fraction of sp³-hybridized carbons (Fsp3) is 0.533. The Bertz CT molecular complexity index is 503. The maximum atomic E-state index is 12.2. The van der Waals surface area contributed by atoms with Crippen molar-refractivity contribution >= 4 is 11.6 Å². The van der Waals surface area contributed by atoms with Crippen LogP contribution < -0.4 is 11.1 Å². The van der Waals surface area contributed by atoms with Crippen molar-refractivity contribution in [3.63, 3.8) is 0 Å². The fourth-order valence-corrected chi connectivity index (χ4v) is 2.17. The van der Waals surface area contributed by atoms with Crippen LogP contribution in [0.5, 0.6) is 0 Å². The van der Waals surface area contributed by atoms with Crippen LogP contribution in [-0.2, 0) is 4.79 Å². The van der Waals surface area contributed by atoms with Gasteiger partial charge in [-0.3, -0.25) is 14.9 Å². The number of carbonyl (C=O) groups is 1. The van der Waals surface area contributed by atoms with Gasteiger partial charge in [-0.2, -0.15) is 0 Å². The minimum Gasteiger partial charge on any atom is -0.352 e. The Hall–Kier alpha value is -1.95. The van der Waals surface area contributed by atoms with Crippen LogP contribution in [0.1, 0.15) is 38.7 Å². The highest BCUT2D eigenvalue weighted by Gasteiger charge is 2.20. The molecular formula is C15H23N3O3. The molecule has 0 aliphatic heterocycles. The summed E-state index contributed by atoms with van der Waals surface area (Å²) in [5.41, 5.74) is 6.29. The van der Waals surface area contributed by atoms with Crippen molar-refractivity contribution < 1.29 is 9.72 Å². The third kappa shape index (κ3) is 5.15. The number of nitro groups is 1. The minimum atomic E-state index is -0.463. The van der Waals surface area contributed by atoms with E-state index in [0.29, 0.717) is 18.0 Å². The van der Waals surface area contributed by atoms with Crippen LogP contribution in [0.2, 0.25) is 0 Å². The molecule has 6 nitrogen and oxygen atoms in total. The van der Waals surface area contributed by atoms with Gasteiger partial charge >= 0.3 is 0 Å². The zero-order chi connectivity index (χ0) is 16.0. The van der Waals surface area contributed by atoms with Gasteiger partial charge in [-0.25, -0.2) is 0 Å². The second kappa shape index (κ2) is 7.73. The first kappa shape index (κ1) is 17.1. The first-order valence-corrected chi connectivity index (χ1v) is 7.10. The molecule has 1 aromatic carbocycles. The molecule has 0 heterocycles. The number of carbonyl (C=O) groups excluding carboxylic acids is 1. The average Bonchev–Trinajstić information content (AvgIpc) is 2.45. The molecule has 1 rings (SSSR count). The Morgan fingerprint density at radius 3 is 2.57 bits per heavy atom. The van der Waals surface area contributed by atoms with Gasteiger partial charge < -0.3 is 11.1 Å². The molecule has 0 aliphatic rings. The van der Waals surface area contributed by atoms with E-state index in [2.05, 4.69) is 19.2 Å². The van der Waals surface area contributed by atoms with Crippen molar-refractivity contribution in [1.29, 1.82) is 0 Å². The van der Waals surface area contributed by atoms with Crippen molar-refractivity contribution in [2.75, 3.05) is 6.54 Å². The van der Waals surface area contributed by atoms with E-state index in [1.807, 2.05) is 0 Å². The van der Waals surface area contributed by atoms with Crippen LogP contribution >= 0.6 is 0 Å². The maximum absolute atomic E-state index is 12.2. The summed E-state index contributed by atoms with van der Waals surface area (Å²) in [6, 6.07) is 6.08. The van der Waals surface area contributed by atoms with Crippen molar-refractivity contribution in [2.45, 2.75) is 39.2 Å². The van der Waals surface area contributed by atoms with E-state index in [-0.39, 0.29) is 17.6 Å². The number of non-ortho nitro benzene ring substituents is 1. The standard InChI is InChI=1S/C15H23N3O3/c1-10(2)7-13(9-16)17-15(19)11(3)12-5-4-6-14(8-12)18(20)21/h4-6,8,10-11,13H,7,9,16H2,1-3H3,(H,17,19). The third-order valence-electron chi connectivity index (χ3n) is 3.36. The molecule has 2 atom stereocenters. The van der Waals surface area contributed by atoms with Gasteiger partial charge in [0.2, 0.25) is 5.91 Å². The summed E-state index contributed by atoms with van der Waals surface area (Å²) in [6.07, 6.45) is 0.809. The minimum absolute atomic E-state index is 0.00953. The molecule has 2 unspecified atom stereocenters. The van der Waals surface area contributed by atoms with Crippen LogP contribution in [0.15, 0.2) is 24.3 Å². The highest BCUT2D eigenvalue weighted by molar-refractivity contribution is 5.83. The first-order chi connectivity index (χ1) is 9.85. The lowest BCUT2D eigenvalue weighted by Crippen LogP contribution is -2.42. The number of nitrogens with two attached hydrogens (primary N) is 1. The monoisotopic (exact) mass is 293 g/mol. The van der Waals surface area contributed by atoms with Crippen LogP contribution in [0, 0.1) is 16.0 Å². The maximum Gasteiger partial charge on any atom is 0.269 e. The molecule has 0 bridgehead atoms. The molecule has 116 valence electrons. The highest BCUT2D eigenvalue weighted by Crippen LogP contribution is 2.21. The molecule has 1 amide bonds. The summed E-state index contributed by atoms with van der Waals surface area (Å²) in [5, 5.41) is 13.7. The SMILES string of the molecule is CC(C)CC(CN)NC(=O)C(C)c1cccc([N+](=O)[O-])c1. The molecule has 0 radical (unpaired) electrons. The zero-order valence-electron chi connectivity index (χ0n) is 12.7. The number of rotatable bonds is 7. The molecule has 0 aliphatic carbocycles. The van der Waals surface area contributed by atoms with Crippen molar-refractivity contribution in [3.8, 4) is 0 Å². The number of nitrogens with one attached hydrogen (secondary N) is 1. The number of hydrogen-bond acceptors (Lipinski definition) is 4. The molecular weight excluding hydrogens is 270 g/mol. The smallest absolute Gasteiger partial charge is 0.269 e. The average molecular weight is 293 g/mol. The molecule has 1 aromatic rings. The number of benzene rings is 1. The number of hydrogen-bond donors (Lipinski definition) is 2. The Balaban J connectivity index is 2.77. The van der Waals surface area contributed by atoms with Crippen LogP contribution in [0.4, 0.5) is 5.69 Å². The normalized spacial score (nSPS) is 13.8. The molecule has 3 N–H and O–H groups in total. The molecule has 0 saturated carbocycles. The number of amides is 1. The predicted molar refractivity (Wildman–Crippen MR) is 82.0 cm³/mol. The fourth-order valence-electron chi connectivity index (χ4n) is 2.17. The highest BCUT2D eigenvalue weighted by atomic mass is 16.6. The van der Waals surface area contributed by atoms with Gasteiger partial charge in [0, 0.05) is 24.7 Å². The number of nitro benzene ring substituents is 1. The molecule has 0 saturated heterocycles. The van der Waals surface area contributed by atoms with E-state index in [9.17, 15) is 14.9 Å². The van der Waals surface area contributed by atoms with E-state index in [0.717, 1.165) is 6.42 Å². The zero-order valence-corrected chi connectivity index (χ0v) is 12.7. The summed E-state index contributed by atoms with van der Waals surface area (Å²) in [4.78, 5) is 22.6. The number of nitrogens with zero attached hydrogens (tertiary/aromatic N) is 1. The van der Waals surface area contributed by atoms with E-state index >= 15 is 0 Å². The predicted octanol–water partition coefficient (Wildman–Crippen LogP) is 2.19. The van der Waals surface area contributed by atoms with Gasteiger partial charge in [0.15, 0.2) is 0 Å². The quantitative estimate of drug-likeness (QED) is 0.594. The summed E-state index contributed by atoms with van der Waals surface area (Å²) < 4.78 is 0. The lowest BCUT2D eigenvalue weighted by molar-refractivity contribution is -0.384. The Morgan fingerprint density at radius 1 is 1.38 bits per heavy atom. The van der Waals surface area contributed by atoms with Gasteiger partial charge in [-0.05, 0) is 24.8 Å². The molecule has 0 spiro atoms. The van der Waals surface area contributed by atoms with Gasteiger partial charge in [-0.1, -0.05) is 26.0 Å². The largest absolute Gasteiger partial charge is 0.352 e. The second-order valence-electron chi connectivity index (χ2n) is 5.64. The van der Waals surface area contributed by atoms with Crippen molar-refractivity contribution in [2.24, 2.45) is 11.7 Å². The van der Waals surface area contributed by atoms with E-state index in [1.54, 1.807) is 19.1 Å². The summed E-state index contributed by atoms with van der Waals surface area (Å²) in [6.45, 7) is 6.25. The van der Waals surface area contributed by atoms with Gasteiger partial charge in [0.25, 0.3) is 5.69 Å². The van der Waals surface area contributed by atoms with Crippen LogP contribution in [0.25, 0.3) is 0 Å². The lowest BCUT2D eigenvalue weighted by Gasteiger charge is -2.21. The van der Waals surface area contributed by atoms with Gasteiger partial charge in [-0.15, -0.1) is 0 Å². The Labute approximate surface area is 124 Å². The second-order valence-corrected chi connectivity index (χ2v) is 5.64. The molecule has 21 heavy (non-hydrogen) atoms. The van der Waals surface area contributed by atoms with Crippen molar-refractivity contribution in [1.82, 2.24) is 5.32 Å². The van der Waals surface area contributed by atoms with Crippen molar-refractivity contribution in [3.05, 3.63) is 39.9 Å². The third-order valence-corrected chi connectivity index (χ3v) is 3.36. The Morgan fingerprint density at radius 2 is 2.05 bits per heavy atom. The topological polar surface area (TPSA) is 98.3 Å². The van der Waals surface area contributed by atoms with E-state index in [4.69, 9.17) is 5.73 Å². The van der Waals surface area contributed by atoms with Gasteiger partial charge in [0.1, 0.15) is 0 Å². The lowest BCUT2D eigenvalue weighted by atomic mass is 9.98. The molecule has 6 heteroatoms. The summed E-state index contributed by atoms with van der Waals surface area (Å²) in [7, 11) is 0. The summed E-state index contributed by atoms with van der Waals surface area (Å²) in [5.74, 6) is -0.176. The van der Waals surface area contributed by atoms with Crippen LogP contribution in [-0.4, -0.2) is 23.4 Å². The van der Waals surface area contributed by atoms with Gasteiger partial charge in [0.05, 0.1) is 10.8 Å². The first-order valence-electron chi connectivity index (χ1n) is 7.10. The summed E-state index contributed by atoms with van der Waals surface area (Å²) >= 11 is 0. The molecule has 0 fully saturated rings. The Kier molecular flexibility index (Phi) is 6.30. The van der Waals surface area contributed by atoms with Crippen LogP contribution in [0.3, 0.4) is 0 Å². The van der Waals surface area contributed by atoms with E-state index < -0.39 is 10.8 Å². The molecule has 0 aromatic heterocycles.